The number of nitrogens with one attached hydrogen (secondary N) is 1. The predicted molar refractivity (Wildman–Crippen MR) is 109 cm³/mol. The van der Waals surface area contributed by atoms with E-state index in [0.29, 0.717) is 12.2 Å². The Hall–Kier alpha value is -3.19. The highest BCUT2D eigenvalue weighted by atomic mass is 32.1. The van der Waals surface area contributed by atoms with Crippen LogP contribution in [0.4, 0.5) is 5.82 Å². The lowest BCUT2D eigenvalue weighted by Crippen LogP contribution is -2.24. The van der Waals surface area contributed by atoms with Gasteiger partial charge in [0.2, 0.25) is 11.0 Å². The van der Waals surface area contributed by atoms with Gasteiger partial charge in [0.25, 0.3) is 0 Å². The molecule has 4 aromatic rings. The van der Waals surface area contributed by atoms with Crippen molar-refractivity contribution in [2.75, 3.05) is 5.32 Å². The minimum Gasteiger partial charge on any atom is -0.508 e. The number of thiazole rings is 1. The van der Waals surface area contributed by atoms with Crippen LogP contribution in [0, 0.1) is 13.8 Å². The smallest absolute Gasteiger partial charge is 0.226 e. The number of nitrogens with zero attached hydrogens (tertiary/aromatic N) is 3. The SMILES string of the molecule is Cc1ccc2nc(-n3nc(C)c4c3NC(=O)C[C@@H]4c3cccc(O)c3)sc2c1. The molecule has 6 nitrogen and oxygen atoms in total. The first-order chi connectivity index (χ1) is 13.5. The minimum atomic E-state index is -0.152. The number of carbonyl (C=O) groups excluding carboxylic acids is 1. The molecule has 0 spiro atoms. The molecule has 2 aromatic heterocycles. The Labute approximate surface area is 165 Å². The number of amides is 1. The Bertz CT molecular complexity index is 1240. The van der Waals surface area contributed by atoms with E-state index in [1.807, 2.05) is 25.1 Å². The van der Waals surface area contributed by atoms with Crippen LogP contribution in [0.15, 0.2) is 42.5 Å². The molecule has 3 heterocycles. The highest BCUT2D eigenvalue weighted by molar-refractivity contribution is 7.20. The molecule has 2 N–H and O–H groups in total. The van der Waals surface area contributed by atoms with Gasteiger partial charge in [-0.05, 0) is 49.2 Å². The second-order valence-electron chi connectivity index (χ2n) is 7.13. The highest BCUT2D eigenvalue weighted by Gasteiger charge is 2.33. The van der Waals surface area contributed by atoms with E-state index in [4.69, 9.17) is 10.1 Å². The summed E-state index contributed by atoms with van der Waals surface area (Å²) in [4.78, 5) is 17.2. The molecule has 1 aliphatic heterocycles. The number of rotatable bonds is 2. The number of hydrogen-bond donors (Lipinski definition) is 2. The molecule has 0 saturated heterocycles. The van der Waals surface area contributed by atoms with Gasteiger partial charge in [0.15, 0.2) is 0 Å². The van der Waals surface area contributed by atoms with E-state index in [-0.39, 0.29) is 17.6 Å². The van der Waals surface area contributed by atoms with Crippen molar-refractivity contribution in [2.24, 2.45) is 0 Å². The minimum absolute atomic E-state index is 0.0704. The van der Waals surface area contributed by atoms with Crippen molar-refractivity contribution < 1.29 is 9.90 Å². The van der Waals surface area contributed by atoms with E-state index in [9.17, 15) is 9.90 Å². The molecule has 1 aliphatic rings. The van der Waals surface area contributed by atoms with Crippen molar-refractivity contribution in [2.45, 2.75) is 26.2 Å². The molecule has 7 heteroatoms. The van der Waals surface area contributed by atoms with E-state index in [0.717, 1.165) is 32.2 Å². The number of aryl methyl sites for hydroxylation is 2. The van der Waals surface area contributed by atoms with Crippen molar-refractivity contribution >= 4 is 33.3 Å². The highest BCUT2D eigenvalue weighted by Crippen LogP contribution is 2.41. The molecule has 1 amide bonds. The molecule has 28 heavy (non-hydrogen) atoms. The number of benzene rings is 2. The van der Waals surface area contributed by atoms with E-state index in [1.54, 1.807) is 34.2 Å². The van der Waals surface area contributed by atoms with Crippen LogP contribution in [0.25, 0.3) is 15.3 Å². The molecule has 140 valence electrons. The quantitative estimate of drug-likeness (QED) is 0.535. The summed E-state index contributed by atoms with van der Waals surface area (Å²) in [6.45, 7) is 4.00. The number of aromatic hydroxyl groups is 1. The molecule has 0 fully saturated rings. The van der Waals surface area contributed by atoms with Gasteiger partial charge in [-0.2, -0.15) is 9.78 Å². The fourth-order valence-corrected chi connectivity index (χ4v) is 4.84. The number of aromatic nitrogens is 3. The van der Waals surface area contributed by atoms with Crippen LogP contribution in [0.5, 0.6) is 5.75 Å². The lowest BCUT2D eigenvalue weighted by Gasteiger charge is -2.24. The van der Waals surface area contributed by atoms with Gasteiger partial charge in [-0.3, -0.25) is 4.79 Å². The molecule has 0 bridgehead atoms. The Kier molecular flexibility index (Phi) is 3.73. The zero-order valence-corrected chi connectivity index (χ0v) is 16.2. The van der Waals surface area contributed by atoms with Gasteiger partial charge in [0.05, 0.1) is 15.9 Å². The summed E-state index contributed by atoms with van der Waals surface area (Å²) in [7, 11) is 0. The van der Waals surface area contributed by atoms with Gasteiger partial charge in [0.1, 0.15) is 11.6 Å². The maximum absolute atomic E-state index is 12.5. The topological polar surface area (TPSA) is 80.0 Å². The summed E-state index contributed by atoms with van der Waals surface area (Å²) >= 11 is 1.55. The molecule has 5 rings (SSSR count). The number of carbonyl (C=O) groups is 1. The van der Waals surface area contributed by atoms with Gasteiger partial charge in [-0.1, -0.05) is 29.5 Å². The third-order valence-electron chi connectivity index (χ3n) is 5.09. The summed E-state index contributed by atoms with van der Waals surface area (Å²) < 4.78 is 2.82. The second-order valence-corrected chi connectivity index (χ2v) is 8.14. The lowest BCUT2D eigenvalue weighted by atomic mass is 9.86. The first-order valence-electron chi connectivity index (χ1n) is 9.05. The third-order valence-corrected chi connectivity index (χ3v) is 6.08. The van der Waals surface area contributed by atoms with Crippen LogP contribution >= 0.6 is 11.3 Å². The van der Waals surface area contributed by atoms with Gasteiger partial charge in [0, 0.05) is 17.9 Å². The number of fused-ring (bicyclic) bond motifs is 2. The van der Waals surface area contributed by atoms with Crippen molar-refractivity contribution in [3.8, 4) is 10.9 Å². The first-order valence-corrected chi connectivity index (χ1v) is 9.87. The number of phenolic OH excluding ortho intramolecular Hbond substituents is 1. The summed E-state index contributed by atoms with van der Waals surface area (Å²) in [5, 5.41) is 18.3. The van der Waals surface area contributed by atoms with E-state index < -0.39 is 0 Å². The van der Waals surface area contributed by atoms with Gasteiger partial charge in [-0.25, -0.2) is 4.98 Å². The molecule has 0 radical (unpaired) electrons. The summed E-state index contributed by atoms with van der Waals surface area (Å²) in [5.41, 5.74) is 4.82. The first kappa shape index (κ1) is 16.9. The molecule has 0 unspecified atom stereocenters. The van der Waals surface area contributed by atoms with Crippen LogP contribution in [-0.2, 0) is 4.79 Å². The fraction of sp³-hybridized carbons (Fsp3) is 0.190. The van der Waals surface area contributed by atoms with Crippen LogP contribution in [0.2, 0.25) is 0 Å². The maximum atomic E-state index is 12.5. The number of phenols is 1. The Morgan fingerprint density at radius 3 is 2.89 bits per heavy atom. The van der Waals surface area contributed by atoms with Crippen LogP contribution in [-0.4, -0.2) is 25.8 Å². The Morgan fingerprint density at radius 2 is 2.07 bits per heavy atom. The molecule has 0 saturated carbocycles. The summed E-state index contributed by atoms with van der Waals surface area (Å²) in [6.07, 6.45) is 0.321. The number of hydrogen-bond acceptors (Lipinski definition) is 5. The maximum Gasteiger partial charge on any atom is 0.226 e. The molecule has 0 aliphatic carbocycles. The van der Waals surface area contributed by atoms with Crippen LogP contribution < -0.4 is 5.32 Å². The third kappa shape index (κ3) is 2.66. The van der Waals surface area contributed by atoms with E-state index in [1.165, 1.54) is 5.56 Å². The summed E-state index contributed by atoms with van der Waals surface area (Å²) in [5.74, 6) is 0.634. The Morgan fingerprint density at radius 1 is 1.21 bits per heavy atom. The average molecular weight is 390 g/mol. The molecular weight excluding hydrogens is 372 g/mol. The summed E-state index contributed by atoms with van der Waals surface area (Å²) in [6, 6.07) is 13.2. The predicted octanol–water partition coefficient (Wildman–Crippen LogP) is 4.28. The molecular formula is C21H18N4O2S. The molecule has 2 aromatic carbocycles. The van der Waals surface area contributed by atoms with E-state index in [2.05, 4.69) is 18.3 Å². The van der Waals surface area contributed by atoms with Gasteiger partial charge < -0.3 is 10.4 Å². The van der Waals surface area contributed by atoms with Crippen molar-refractivity contribution in [1.82, 2.24) is 14.8 Å². The Balaban J connectivity index is 1.68. The normalized spacial score (nSPS) is 16.2. The monoisotopic (exact) mass is 390 g/mol. The zero-order valence-electron chi connectivity index (χ0n) is 15.4. The lowest BCUT2D eigenvalue weighted by molar-refractivity contribution is -0.116. The van der Waals surface area contributed by atoms with E-state index >= 15 is 0 Å². The van der Waals surface area contributed by atoms with Crippen molar-refractivity contribution in [3.05, 3.63) is 64.8 Å². The van der Waals surface area contributed by atoms with Crippen LogP contribution in [0.3, 0.4) is 0 Å². The van der Waals surface area contributed by atoms with Gasteiger partial charge >= 0.3 is 0 Å². The second kappa shape index (κ2) is 6.17. The average Bonchev–Trinajstić information content (AvgIpc) is 3.21. The fourth-order valence-electron chi connectivity index (χ4n) is 3.82. The van der Waals surface area contributed by atoms with Gasteiger partial charge in [-0.15, -0.1) is 0 Å². The number of anilines is 1. The molecule has 1 atom stereocenters. The standard InChI is InChI=1S/C21H18N4O2S/c1-11-6-7-16-17(8-11)28-21(22-16)25-20-19(12(2)24-25)15(10-18(27)23-20)13-4-3-5-14(26)9-13/h3-9,15,26H,10H2,1-2H3,(H,23,27)/t15-/m1/s1. The largest absolute Gasteiger partial charge is 0.508 e. The van der Waals surface area contributed by atoms with Crippen LogP contribution in [0.1, 0.15) is 34.7 Å². The van der Waals surface area contributed by atoms with Crippen molar-refractivity contribution in [3.63, 3.8) is 0 Å². The van der Waals surface area contributed by atoms with Crippen molar-refractivity contribution in [1.29, 1.82) is 0 Å². The zero-order chi connectivity index (χ0) is 19.4.